The van der Waals surface area contributed by atoms with Crippen LogP contribution in [-0.4, -0.2) is 19.0 Å². The summed E-state index contributed by atoms with van der Waals surface area (Å²) in [4.78, 5) is 23.6. The molecule has 0 aromatic heterocycles. The summed E-state index contributed by atoms with van der Waals surface area (Å²) >= 11 is 6.15. The first-order chi connectivity index (χ1) is 12.0. The number of halogens is 4. The Morgan fingerprint density at radius 1 is 1.19 bits per heavy atom. The third kappa shape index (κ3) is 3.86. The first-order valence-electron chi connectivity index (χ1n) is 7.78. The summed E-state index contributed by atoms with van der Waals surface area (Å²) < 4.78 is 38.0. The van der Waals surface area contributed by atoms with Gasteiger partial charge in [-0.05, 0) is 50.1 Å². The lowest BCUT2D eigenvalue weighted by Gasteiger charge is -2.13. The van der Waals surface area contributed by atoms with Gasteiger partial charge in [0, 0.05) is 17.2 Å². The van der Waals surface area contributed by atoms with Crippen LogP contribution in [0.5, 0.6) is 0 Å². The lowest BCUT2D eigenvalue weighted by atomic mass is 10.1. The fraction of sp³-hybridized carbons (Fsp3) is 0.444. The third-order valence-corrected chi connectivity index (χ3v) is 6.39. The van der Waals surface area contributed by atoms with E-state index in [1.165, 1.54) is 20.1 Å². The minimum Gasteiger partial charge on any atom is -0.466 e. The Morgan fingerprint density at radius 3 is 2.23 bits per heavy atom. The van der Waals surface area contributed by atoms with Gasteiger partial charge < -0.3 is 9.47 Å². The van der Waals surface area contributed by atoms with Gasteiger partial charge in [-0.15, -0.1) is 0 Å². The Morgan fingerprint density at radius 2 is 1.73 bits per heavy atom. The number of allylic oxidation sites excluding steroid dienone is 1. The number of carbonyl (C=O) groups is 2. The largest absolute Gasteiger partial charge is 0.466 e. The Kier molecular flexibility index (Phi) is 6.28. The summed E-state index contributed by atoms with van der Waals surface area (Å²) in [6, 6.07) is 0. The first-order valence-corrected chi connectivity index (χ1v) is 9.36. The smallest absolute Gasteiger partial charge is 0.330 e. The third-order valence-electron chi connectivity index (χ3n) is 4.74. The first kappa shape index (κ1) is 21.0. The monoisotopic (exact) mass is 494 g/mol. The van der Waals surface area contributed by atoms with E-state index in [0.717, 1.165) is 0 Å². The van der Waals surface area contributed by atoms with Crippen molar-refractivity contribution in [2.45, 2.75) is 27.4 Å². The van der Waals surface area contributed by atoms with E-state index in [9.17, 15) is 18.4 Å². The predicted molar refractivity (Wildman–Crippen MR) is 98.2 cm³/mol. The van der Waals surface area contributed by atoms with Gasteiger partial charge in [0.1, 0.15) is 18.2 Å². The number of rotatable bonds is 5. The second-order valence-corrected chi connectivity index (χ2v) is 8.26. The van der Waals surface area contributed by atoms with Gasteiger partial charge >= 0.3 is 11.9 Å². The summed E-state index contributed by atoms with van der Waals surface area (Å²) in [5.41, 5.74) is -0.325. The number of carbonyl (C=O) groups excluding carboxylic acids is 2. The van der Waals surface area contributed by atoms with Gasteiger partial charge in [-0.25, -0.2) is 13.6 Å². The van der Waals surface area contributed by atoms with Gasteiger partial charge in [0.25, 0.3) is 0 Å². The number of methoxy groups -OCH3 is 1. The standard InChI is InChI=1S/C18H18Br2F2O4/c1-8-15(21)13(19)9(14(20)16(8)22)7-26-17(24)12-10(18(12,2)3)5-6-11(23)25-4/h5-6,10,12H,7H2,1-4H3/b6-5-/t10-,12-/m0/s1. The van der Waals surface area contributed by atoms with Crippen molar-refractivity contribution in [3.63, 3.8) is 0 Å². The maximum Gasteiger partial charge on any atom is 0.330 e. The molecule has 142 valence electrons. The molecule has 0 N–H and O–H groups in total. The van der Waals surface area contributed by atoms with Crippen LogP contribution in [0, 0.1) is 35.8 Å². The van der Waals surface area contributed by atoms with E-state index in [1.54, 1.807) is 6.08 Å². The van der Waals surface area contributed by atoms with Crippen LogP contribution in [0.1, 0.15) is 25.0 Å². The van der Waals surface area contributed by atoms with Crippen molar-refractivity contribution in [2.24, 2.45) is 17.3 Å². The lowest BCUT2D eigenvalue weighted by Crippen LogP contribution is -2.12. The average molecular weight is 496 g/mol. The molecule has 1 aromatic rings. The molecule has 1 aliphatic carbocycles. The van der Waals surface area contributed by atoms with Gasteiger partial charge in [0.2, 0.25) is 0 Å². The minimum atomic E-state index is -0.734. The van der Waals surface area contributed by atoms with Crippen LogP contribution in [0.4, 0.5) is 8.78 Å². The lowest BCUT2D eigenvalue weighted by molar-refractivity contribution is -0.147. The highest BCUT2D eigenvalue weighted by Gasteiger charge is 2.61. The van der Waals surface area contributed by atoms with Crippen LogP contribution < -0.4 is 0 Å². The summed E-state index contributed by atoms with van der Waals surface area (Å²) in [6.07, 6.45) is 2.90. The van der Waals surface area contributed by atoms with Gasteiger partial charge in [-0.1, -0.05) is 19.9 Å². The number of benzene rings is 1. The maximum atomic E-state index is 14.0. The quantitative estimate of drug-likeness (QED) is 0.333. The minimum absolute atomic E-state index is 0.0493. The molecular formula is C18H18Br2F2O4. The molecule has 0 aliphatic heterocycles. The predicted octanol–water partition coefficient (Wildman–Crippen LogP) is 4.84. The molecule has 2 atom stereocenters. The molecule has 0 spiro atoms. The van der Waals surface area contributed by atoms with Gasteiger partial charge in [0.15, 0.2) is 0 Å². The van der Waals surface area contributed by atoms with E-state index in [1.807, 2.05) is 13.8 Å². The molecule has 26 heavy (non-hydrogen) atoms. The number of ether oxygens (including phenoxy) is 2. The van der Waals surface area contributed by atoms with E-state index in [0.29, 0.717) is 0 Å². The Labute approximate surface area is 167 Å². The van der Waals surface area contributed by atoms with Crippen LogP contribution in [-0.2, 0) is 25.7 Å². The fourth-order valence-electron chi connectivity index (χ4n) is 2.88. The number of hydrogen-bond donors (Lipinski definition) is 0. The van der Waals surface area contributed by atoms with Crippen molar-refractivity contribution in [1.29, 1.82) is 0 Å². The summed E-state index contributed by atoms with van der Waals surface area (Å²) in [5.74, 6) is -3.08. The molecule has 8 heteroatoms. The maximum absolute atomic E-state index is 14.0. The van der Waals surface area contributed by atoms with Crippen molar-refractivity contribution in [2.75, 3.05) is 7.11 Å². The van der Waals surface area contributed by atoms with Crippen LogP contribution in [0.15, 0.2) is 21.1 Å². The highest BCUT2D eigenvalue weighted by molar-refractivity contribution is 9.11. The molecule has 1 aliphatic rings. The molecule has 1 fully saturated rings. The summed E-state index contributed by atoms with van der Waals surface area (Å²) in [6.45, 7) is 4.79. The normalized spacial score (nSPS) is 20.9. The zero-order valence-corrected chi connectivity index (χ0v) is 17.8. The van der Waals surface area contributed by atoms with Crippen LogP contribution in [0.2, 0.25) is 0 Å². The highest BCUT2D eigenvalue weighted by atomic mass is 79.9. The van der Waals surface area contributed by atoms with Crippen LogP contribution >= 0.6 is 31.9 Å². The molecule has 0 radical (unpaired) electrons. The van der Waals surface area contributed by atoms with Crippen molar-refractivity contribution in [1.82, 2.24) is 0 Å². The Bertz CT molecular complexity index is 761. The van der Waals surface area contributed by atoms with Crippen LogP contribution in [0.25, 0.3) is 0 Å². The SMILES string of the molecule is COC(=O)/C=C\[C@H]1[C@@H](C(=O)OCc2c(Br)c(F)c(C)c(F)c2Br)C1(C)C. The Hall–Kier alpha value is -1.28. The second-order valence-electron chi connectivity index (χ2n) is 6.67. The molecule has 1 aromatic carbocycles. The fourth-order valence-corrected chi connectivity index (χ4v) is 4.37. The molecular weight excluding hydrogens is 478 g/mol. The molecule has 0 bridgehead atoms. The molecule has 4 nitrogen and oxygen atoms in total. The number of hydrogen-bond acceptors (Lipinski definition) is 4. The second kappa shape index (κ2) is 7.76. The molecule has 0 saturated heterocycles. The van der Waals surface area contributed by atoms with E-state index >= 15 is 0 Å². The van der Waals surface area contributed by atoms with Gasteiger partial charge in [-0.2, -0.15) is 0 Å². The van der Waals surface area contributed by atoms with Crippen LogP contribution in [0.3, 0.4) is 0 Å². The van der Waals surface area contributed by atoms with E-state index in [-0.39, 0.29) is 38.0 Å². The molecule has 2 rings (SSSR count). The topological polar surface area (TPSA) is 52.6 Å². The van der Waals surface area contributed by atoms with Gasteiger partial charge in [0.05, 0.1) is 22.0 Å². The van der Waals surface area contributed by atoms with Crippen molar-refractivity contribution >= 4 is 43.8 Å². The summed E-state index contributed by atoms with van der Waals surface area (Å²) in [7, 11) is 1.27. The zero-order valence-electron chi connectivity index (χ0n) is 14.7. The average Bonchev–Trinajstić information content (AvgIpc) is 3.16. The Balaban J connectivity index is 2.11. The van der Waals surface area contributed by atoms with Gasteiger partial charge in [-0.3, -0.25) is 4.79 Å². The van der Waals surface area contributed by atoms with E-state index in [4.69, 9.17) is 4.74 Å². The highest BCUT2D eigenvalue weighted by Crippen LogP contribution is 2.59. The van der Waals surface area contributed by atoms with E-state index in [2.05, 4.69) is 36.6 Å². The zero-order chi connectivity index (χ0) is 19.8. The van der Waals surface area contributed by atoms with E-state index < -0.39 is 29.5 Å². The van der Waals surface area contributed by atoms with Crippen molar-refractivity contribution in [3.8, 4) is 0 Å². The molecule has 0 heterocycles. The molecule has 1 saturated carbocycles. The molecule has 0 unspecified atom stereocenters. The summed E-state index contributed by atoms with van der Waals surface area (Å²) in [5, 5.41) is 0. The number of esters is 2. The molecule has 0 amide bonds. The van der Waals surface area contributed by atoms with Crippen molar-refractivity contribution < 1.29 is 27.8 Å². The van der Waals surface area contributed by atoms with Crippen molar-refractivity contribution in [3.05, 3.63) is 43.9 Å².